The fourth-order valence-electron chi connectivity index (χ4n) is 2.69. The number of nitrogens with zero attached hydrogens (tertiary/aromatic N) is 3. The number of aromatic nitrogens is 1. The number of aromatic hydroxyl groups is 1. The Morgan fingerprint density at radius 3 is 2.24 bits per heavy atom. The highest BCUT2D eigenvalue weighted by atomic mass is 16.3. The lowest BCUT2D eigenvalue weighted by Crippen LogP contribution is -1.79. The van der Waals surface area contributed by atoms with E-state index in [0.29, 0.717) is 11.2 Å². The molecule has 0 fully saturated rings. The number of azo groups is 1. The van der Waals surface area contributed by atoms with Gasteiger partial charge in [0.15, 0.2) is 0 Å². The second-order valence-corrected chi connectivity index (χ2v) is 5.62. The molecule has 0 atom stereocenters. The Labute approximate surface area is 145 Å². The Balaban J connectivity index is 1.64. The molecule has 0 spiro atoms. The minimum atomic E-state index is 0.141. The third-order valence-corrected chi connectivity index (χ3v) is 3.97. The van der Waals surface area contributed by atoms with Gasteiger partial charge in [-0.25, -0.2) is 0 Å². The highest BCUT2D eigenvalue weighted by Crippen LogP contribution is 2.32. The first-order chi connectivity index (χ1) is 12.3. The third kappa shape index (κ3) is 3.10. The SMILES string of the molecule is Oc1ccc(N=Nc2ccc(-c3ccccc3)cc2)c2cccnc12. The van der Waals surface area contributed by atoms with Gasteiger partial charge in [-0.3, -0.25) is 4.98 Å². The molecule has 0 aliphatic rings. The minimum absolute atomic E-state index is 0.141. The second-order valence-electron chi connectivity index (χ2n) is 5.62. The third-order valence-electron chi connectivity index (χ3n) is 3.97. The first-order valence-corrected chi connectivity index (χ1v) is 7.95. The van der Waals surface area contributed by atoms with Gasteiger partial charge in [0, 0.05) is 11.6 Å². The van der Waals surface area contributed by atoms with Gasteiger partial charge in [-0.1, -0.05) is 42.5 Å². The topological polar surface area (TPSA) is 57.8 Å². The lowest BCUT2D eigenvalue weighted by atomic mass is 10.1. The summed E-state index contributed by atoms with van der Waals surface area (Å²) >= 11 is 0. The van der Waals surface area contributed by atoms with Gasteiger partial charge in [-0.05, 0) is 47.5 Å². The Kier molecular flexibility index (Phi) is 3.92. The molecule has 1 aromatic heterocycles. The number of pyridine rings is 1. The Hall–Kier alpha value is -3.53. The van der Waals surface area contributed by atoms with Crippen LogP contribution in [0.2, 0.25) is 0 Å². The Morgan fingerprint density at radius 2 is 1.44 bits per heavy atom. The van der Waals surface area contributed by atoms with Crippen LogP contribution < -0.4 is 0 Å². The molecule has 0 saturated heterocycles. The lowest BCUT2D eigenvalue weighted by molar-refractivity contribution is 0.480. The van der Waals surface area contributed by atoms with E-state index < -0.39 is 0 Å². The molecule has 3 aromatic carbocycles. The highest BCUT2D eigenvalue weighted by Gasteiger charge is 2.05. The van der Waals surface area contributed by atoms with E-state index in [2.05, 4.69) is 27.3 Å². The summed E-state index contributed by atoms with van der Waals surface area (Å²) in [6.45, 7) is 0. The monoisotopic (exact) mass is 325 g/mol. The quantitative estimate of drug-likeness (QED) is 0.468. The number of phenolic OH excluding ortho intramolecular Hbond substituents is 1. The molecule has 1 heterocycles. The molecule has 0 amide bonds. The smallest absolute Gasteiger partial charge is 0.141 e. The molecule has 4 nitrogen and oxygen atoms in total. The van der Waals surface area contributed by atoms with Crippen molar-refractivity contribution >= 4 is 22.3 Å². The van der Waals surface area contributed by atoms with Gasteiger partial charge in [-0.15, -0.1) is 5.11 Å². The van der Waals surface area contributed by atoms with Crippen molar-refractivity contribution in [2.24, 2.45) is 10.2 Å². The zero-order chi connectivity index (χ0) is 17.1. The van der Waals surface area contributed by atoms with E-state index in [0.717, 1.165) is 16.6 Å². The van der Waals surface area contributed by atoms with Crippen LogP contribution in [-0.2, 0) is 0 Å². The number of hydrogen-bond acceptors (Lipinski definition) is 4. The van der Waals surface area contributed by atoms with Crippen LogP contribution in [0.5, 0.6) is 5.75 Å². The molecular weight excluding hydrogens is 310 g/mol. The number of fused-ring (bicyclic) bond motifs is 1. The number of phenols is 1. The molecular formula is C21H15N3O. The van der Waals surface area contributed by atoms with Gasteiger partial charge in [0.2, 0.25) is 0 Å². The van der Waals surface area contributed by atoms with E-state index in [1.54, 1.807) is 18.3 Å². The molecule has 25 heavy (non-hydrogen) atoms. The molecule has 0 saturated carbocycles. The summed E-state index contributed by atoms with van der Waals surface area (Å²) in [7, 11) is 0. The van der Waals surface area contributed by atoms with Crippen molar-refractivity contribution in [3.05, 3.63) is 85.1 Å². The van der Waals surface area contributed by atoms with E-state index in [4.69, 9.17) is 0 Å². The van der Waals surface area contributed by atoms with Crippen molar-refractivity contribution in [3.63, 3.8) is 0 Å². The number of hydrogen-bond donors (Lipinski definition) is 1. The maximum atomic E-state index is 9.88. The fourth-order valence-corrected chi connectivity index (χ4v) is 2.69. The molecule has 120 valence electrons. The molecule has 0 aliphatic heterocycles. The van der Waals surface area contributed by atoms with Crippen LogP contribution in [0.3, 0.4) is 0 Å². The first kappa shape index (κ1) is 15.0. The average Bonchev–Trinajstić information content (AvgIpc) is 2.69. The summed E-state index contributed by atoms with van der Waals surface area (Å²) < 4.78 is 0. The van der Waals surface area contributed by atoms with E-state index in [1.165, 1.54) is 5.56 Å². The summed E-state index contributed by atoms with van der Waals surface area (Å²) in [4.78, 5) is 4.19. The van der Waals surface area contributed by atoms with E-state index in [-0.39, 0.29) is 5.75 Å². The summed E-state index contributed by atoms with van der Waals surface area (Å²) in [5.74, 6) is 0.141. The minimum Gasteiger partial charge on any atom is -0.506 e. The van der Waals surface area contributed by atoms with E-state index >= 15 is 0 Å². The van der Waals surface area contributed by atoms with Crippen molar-refractivity contribution in [1.82, 2.24) is 4.98 Å². The first-order valence-electron chi connectivity index (χ1n) is 7.95. The largest absolute Gasteiger partial charge is 0.506 e. The van der Waals surface area contributed by atoms with Gasteiger partial charge >= 0.3 is 0 Å². The molecule has 4 aromatic rings. The lowest BCUT2D eigenvalue weighted by Gasteiger charge is -2.03. The average molecular weight is 325 g/mol. The van der Waals surface area contributed by atoms with Crippen molar-refractivity contribution in [2.75, 3.05) is 0 Å². The molecule has 0 bridgehead atoms. The zero-order valence-electron chi connectivity index (χ0n) is 13.4. The molecule has 0 radical (unpaired) electrons. The van der Waals surface area contributed by atoms with Crippen molar-refractivity contribution < 1.29 is 5.11 Å². The molecule has 1 N–H and O–H groups in total. The van der Waals surface area contributed by atoms with Crippen LogP contribution in [0.25, 0.3) is 22.0 Å². The Morgan fingerprint density at radius 1 is 0.680 bits per heavy atom. The van der Waals surface area contributed by atoms with E-state index in [9.17, 15) is 5.11 Å². The van der Waals surface area contributed by atoms with E-state index in [1.807, 2.05) is 54.6 Å². The molecule has 0 unspecified atom stereocenters. The maximum Gasteiger partial charge on any atom is 0.141 e. The van der Waals surface area contributed by atoms with Crippen molar-refractivity contribution in [3.8, 4) is 16.9 Å². The van der Waals surface area contributed by atoms with Crippen LogP contribution in [0.4, 0.5) is 11.4 Å². The number of benzene rings is 3. The number of rotatable bonds is 3. The van der Waals surface area contributed by atoms with Crippen LogP contribution in [-0.4, -0.2) is 10.1 Å². The van der Waals surface area contributed by atoms with Crippen LogP contribution >= 0.6 is 0 Å². The summed E-state index contributed by atoms with van der Waals surface area (Å²) in [6.07, 6.45) is 1.64. The van der Waals surface area contributed by atoms with Gasteiger partial charge in [0.05, 0.1) is 11.4 Å². The normalized spacial score (nSPS) is 11.2. The van der Waals surface area contributed by atoms with Gasteiger partial charge in [0.25, 0.3) is 0 Å². The van der Waals surface area contributed by atoms with Crippen LogP contribution in [0.15, 0.2) is 95.3 Å². The summed E-state index contributed by atoms with van der Waals surface area (Å²) in [5.41, 5.74) is 4.27. The maximum absolute atomic E-state index is 9.88. The highest BCUT2D eigenvalue weighted by molar-refractivity contribution is 5.93. The summed E-state index contributed by atoms with van der Waals surface area (Å²) in [6, 6.07) is 25.1. The van der Waals surface area contributed by atoms with Crippen LogP contribution in [0.1, 0.15) is 0 Å². The summed E-state index contributed by atoms with van der Waals surface area (Å²) in [5, 5.41) is 19.3. The molecule has 4 heteroatoms. The predicted molar refractivity (Wildman–Crippen MR) is 99.5 cm³/mol. The zero-order valence-corrected chi connectivity index (χ0v) is 13.4. The van der Waals surface area contributed by atoms with Crippen LogP contribution in [0, 0.1) is 0 Å². The Bertz CT molecular complexity index is 1040. The second kappa shape index (κ2) is 6.53. The standard InChI is InChI=1S/C21H15N3O/c25-20-13-12-19(18-7-4-14-22-21(18)20)24-23-17-10-8-16(9-11-17)15-5-2-1-3-6-15/h1-14,25H. The van der Waals surface area contributed by atoms with Crippen molar-refractivity contribution in [1.29, 1.82) is 0 Å². The predicted octanol–water partition coefficient (Wildman–Crippen LogP) is 6.02. The van der Waals surface area contributed by atoms with Gasteiger partial charge in [0.1, 0.15) is 11.3 Å². The van der Waals surface area contributed by atoms with Gasteiger partial charge < -0.3 is 5.11 Å². The fraction of sp³-hybridized carbons (Fsp3) is 0. The molecule has 4 rings (SSSR count). The molecule has 0 aliphatic carbocycles. The van der Waals surface area contributed by atoms with Crippen molar-refractivity contribution in [2.45, 2.75) is 0 Å². The van der Waals surface area contributed by atoms with Gasteiger partial charge in [-0.2, -0.15) is 5.11 Å².